The summed E-state index contributed by atoms with van der Waals surface area (Å²) in [6, 6.07) is 17.7. The predicted molar refractivity (Wildman–Crippen MR) is 115 cm³/mol. The smallest absolute Gasteiger partial charge is 0.239 e. The van der Waals surface area contributed by atoms with Gasteiger partial charge in [0, 0.05) is 10.9 Å². The van der Waals surface area contributed by atoms with Crippen molar-refractivity contribution < 1.29 is 4.79 Å². The Balaban J connectivity index is 1.44. The standard InChI is InChI=1S/C20H18N6OS2/c1-13-8-6-7-11-17(13)26-20(23-24-25-26)29-14(2)18(27)22-19-21-16(12-28-19)15-9-4-3-5-10-15/h3-12,14H,1-2H3,(H,21,22,27). The predicted octanol–water partition coefficient (Wildman–Crippen LogP) is 4.21. The average Bonchev–Trinajstić information content (AvgIpc) is 3.39. The van der Waals surface area contributed by atoms with Crippen molar-refractivity contribution in [1.29, 1.82) is 0 Å². The maximum absolute atomic E-state index is 12.7. The van der Waals surface area contributed by atoms with Crippen molar-refractivity contribution in [3.05, 3.63) is 65.5 Å². The number of hydrogen-bond donors (Lipinski definition) is 1. The van der Waals surface area contributed by atoms with E-state index in [0.717, 1.165) is 22.5 Å². The number of thiazole rings is 1. The molecule has 0 fully saturated rings. The molecule has 0 aliphatic rings. The molecule has 0 aliphatic carbocycles. The van der Waals surface area contributed by atoms with E-state index >= 15 is 0 Å². The second-order valence-corrected chi connectivity index (χ2v) is 8.48. The van der Waals surface area contributed by atoms with Crippen LogP contribution in [-0.4, -0.2) is 36.3 Å². The molecule has 1 N–H and O–H groups in total. The number of carbonyl (C=O) groups excluding carboxylic acids is 1. The van der Waals surface area contributed by atoms with Crippen LogP contribution in [0, 0.1) is 6.92 Å². The van der Waals surface area contributed by atoms with Gasteiger partial charge in [0.1, 0.15) is 0 Å². The van der Waals surface area contributed by atoms with Gasteiger partial charge in [0.2, 0.25) is 11.1 Å². The van der Waals surface area contributed by atoms with E-state index in [1.807, 2.05) is 73.8 Å². The summed E-state index contributed by atoms with van der Waals surface area (Å²) < 4.78 is 1.65. The molecular weight excluding hydrogens is 404 g/mol. The SMILES string of the molecule is Cc1ccccc1-n1nnnc1SC(C)C(=O)Nc1nc(-c2ccccc2)cs1. The van der Waals surface area contributed by atoms with Crippen molar-refractivity contribution in [3.63, 3.8) is 0 Å². The third kappa shape index (κ3) is 4.36. The first kappa shape index (κ1) is 19.3. The molecule has 1 amide bonds. The van der Waals surface area contributed by atoms with Crippen molar-refractivity contribution in [2.24, 2.45) is 0 Å². The summed E-state index contributed by atoms with van der Waals surface area (Å²) in [6.07, 6.45) is 0. The summed E-state index contributed by atoms with van der Waals surface area (Å²) in [4.78, 5) is 17.2. The van der Waals surface area contributed by atoms with Crippen LogP contribution in [0.1, 0.15) is 12.5 Å². The Morgan fingerprint density at radius 1 is 1.14 bits per heavy atom. The van der Waals surface area contributed by atoms with Gasteiger partial charge in [-0.2, -0.15) is 4.68 Å². The average molecular weight is 423 g/mol. The molecule has 7 nitrogen and oxygen atoms in total. The Kier molecular flexibility index (Phi) is 5.68. The minimum absolute atomic E-state index is 0.150. The monoisotopic (exact) mass is 422 g/mol. The van der Waals surface area contributed by atoms with Crippen LogP contribution >= 0.6 is 23.1 Å². The van der Waals surface area contributed by atoms with Crippen molar-refractivity contribution in [3.8, 4) is 16.9 Å². The first-order valence-corrected chi connectivity index (χ1v) is 10.7. The van der Waals surface area contributed by atoms with E-state index in [9.17, 15) is 4.79 Å². The van der Waals surface area contributed by atoms with Gasteiger partial charge in [0.25, 0.3) is 0 Å². The lowest BCUT2D eigenvalue weighted by Gasteiger charge is -2.11. The van der Waals surface area contributed by atoms with Crippen LogP contribution in [0.3, 0.4) is 0 Å². The second kappa shape index (κ2) is 8.54. The highest BCUT2D eigenvalue weighted by atomic mass is 32.2. The Morgan fingerprint density at radius 2 is 1.90 bits per heavy atom. The maximum Gasteiger partial charge on any atom is 0.239 e. The Morgan fingerprint density at radius 3 is 2.69 bits per heavy atom. The molecule has 0 radical (unpaired) electrons. The third-order valence-corrected chi connectivity index (χ3v) is 6.03. The van der Waals surface area contributed by atoms with Gasteiger partial charge in [-0.1, -0.05) is 60.3 Å². The van der Waals surface area contributed by atoms with Crippen LogP contribution in [0.2, 0.25) is 0 Å². The number of carbonyl (C=O) groups is 1. The molecule has 146 valence electrons. The molecule has 0 saturated carbocycles. The summed E-state index contributed by atoms with van der Waals surface area (Å²) in [5, 5.41) is 17.5. The highest BCUT2D eigenvalue weighted by Gasteiger charge is 2.21. The zero-order chi connectivity index (χ0) is 20.2. The number of aryl methyl sites for hydroxylation is 1. The molecule has 0 spiro atoms. The number of thioether (sulfide) groups is 1. The van der Waals surface area contributed by atoms with Crippen molar-refractivity contribution in [1.82, 2.24) is 25.2 Å². The summed E-state index contributed by atoms with van der Waals surface area (Å²) in [7, 11) is 0. The minimum Gasteiger partial charge on any atom is -0.301 e. The molecular formula is C20H18N6OS2. The molecule has 4 rings (SSSR count). The normalized spacial score (nSPS) is 11.9. The lowest BCUT2D eigenvalue weighted by molar-refractivity contribution is -0.115. The number of hydrogen-bond acceptors (Lipinski definition) is 7. The number of amides is 1. The largest absolute Gasteiger partial charge is 0.301 e. The number of nitrogens with one attached hydrogen (secondary N) is 1. The number of rotatable bonds is 6. The Labute approximate surface area is 176 Å². The number of benzene rings is 2. The fraction of sp³-hybridized carbons (Fsp3) is 0.150. The van der Waals surface area contributed by atoms with E-state index in [4.69, 9.17) is 0 Å². The lowest BCUT2D eigenvalue weighted by atomic mass is 10.2. The van der Waals surface area contributed by atoms with Crippen LogP contribution in [0.25, 0.3) is 16.9 Å². The Bertz CT molecular complexity index is 1120. The van der Waals surface area contributed by atoms with Crippen LogP contribution in [0.15, 0.2) is 65.1 Å². The molecule has 29 heavy (non-hydrogen) atoms. The van der Waals surface area contributed by atoms with Gasteiger partial charge in [-0.05, 0) is 35.9 Å². The number of para-hydroxylation sites is 1. The zero-order valence-electron chi connectivity index (χ0n) is 15.8. The van der Waals surface area contributed by atoms with Gasteiger partial charge in [-0.3, -0.25) is 4.79 Å². The first-order chi connectivity index (χ1) is 14.1. The minimum atomic E-state index is -0.396. The van der Waals surface area contributed by atoms with Crippen LogP contribution in [0.4, 0.5) is 5.13 Å². The van der Waals surface area contributed by atoms with Crippen LogP contribution in [0.5, 0.6) is 0 Å². The van der Waals surface area contributed by atoms with Crippen molar-refractivity contribution in [2.75, 3.05) is 5.32 Å². The van der Waals surface area contributed by atoms with E-state index in [0.29, 0.717) is 10.3 Å². The molecule has 1 unspecified atom stereocenters. The van der Waals surface area contributed by atoms with Crippen LogP contribution in [-0.2, 0) is 4.79 Å². The summed E-state index contributed by atoms with van der Waals surface area (Å²) in [6.45, 7) is 3.82. The van der Waals surface area contributed by atoms with E-state index in [2.05, 4.69) is 25.8 Å². The van der Waals surface area contributed by atoms with Crippen molar-refractivity contribution in [2.45, 2.75) is 24.3 Å². The van der Waals surface area contributed by atoms with Gasteiger partial charge >= 0.3 is 0 Å². The van der Waals surface area contributed by atoms with Gasteiger partial charge < -0.3 is 5.32 Å². The van der Waals surface area contributed by atoms with Crippen LogP contribution < -0.4 is 5.32 Å². The number of aromatic nitrogens is 5. The van der Waals surface area contributed by atoms with E-state index in [-0.39, 0.29) is 5.91 Å². The molecule has 9 heteroatoms. The number of nitrogens with zero attached hydrogens (tertiary/aromatic N) is 5. The highest BCUT2D eigenvalue weighted by Crippen LogP contribution is 2.27. The second-order valence-electron chi connectivity index (χ2n) is 6.31. The molecule has 2 aromatic carbocycles. The molecule has 1 atom stereocenters. The summed E-state index contributed by atoms with van der Waals surface area (Å²) in [5.41, 5.74) is 3.80. The Hall–Kier alpha value is -3.04. The quantitative estimate of drug-likeness (QED) is 0.469. The zero-order valence-corrected chi connectivity index (χ0v) is 17.4. The van der Waals surface area contributed by atoms with E-state index in [1.54, 1.807) is 4.68 Å². The van der Waals surface area contributed by atoms with Crippen molar-refractivity contribution >= 4 is 34.1 Å². The van der Waals surface area contributed by atoms with Gasteiger partial charge in [0.15, 0.2) is 5.13 Å². The molecule has 2 aromatic heterocycles. The number of anilines is 1. The molecule has 2 heterocycles. The topological polar surface area (TPSA) is 85.6 Å². The van der Waals surface area contributed by atoms with Gasteiger partial charge in [0.05, 0.1) is 16.6 Å². The summed E-state index contributed by atoms with van der Waals surface area (Å²) >= 11 is 2.70. The first-order valence-electron chi connectivity index (χ1n) is 8.94. The lowest BCUT2D eigenvalue weighted by Crippen LogP contribution is -2.22. The molecule has 4 aromatic rings. The van der Waals surface area contributed by atoms with Gasteiger partial charge in [-0.15, -0.1) is 16.4 Å². The molecule has 0 bridgehead atoms. The van der Waals surface area contributed by atoms with E-state index < -0.39 is 5.25 Å². The van der Waals surface area contributed by atoms with E-state index in [1.165, 1.54) is 23.1 Å². The van der Waals surface area contributed by atoms with Gasteiger partial charge in [-0.25, -0.2) is 4.98 Å². The molecule has 0 aliphatic heterocycles. The molecule has 0 saturated heterocycles. The third-order valence-electron chi connectivity index (χ3n) is 4.24. The number of tetrazole rings is 1. The highest BCUT2D eigenvalue weighted by molar-refractivity contribution is 8.00. The fourth-order valence-corrected chi connectivity index (χ4v) is 4.22. The fourth-order valence-electron chi connectivity index (χ4n) is 2.70. The maximum atomic E-state index is 12.7. The summed E-state index contributed by atoms with van der Waals surface area (Å²) in [5.74, 6) is -0.150.